The van der Waals surface area contributed by atoms with Gasteiger partial charge in [0.1, 0.15) is 5.82 Å². The molecular formula is C20H20FN5O. The lowest BCUT2D eigenvalue weighted by atomic mass is 9.66. The number of rotatable bonds is 3. The topological polar surface area (TPSA) is 63.1 Å². The molecule has 6 nitrogen and oxygen atoms in total. The smallest absolute Gasteiger partial charge is 0.263 e. The number of pyridine rings is 1. The van der Waals surface area contributed by atoms with E-state index in [1.807, 2.05) is 12.1 Å². The molecule has 0 radical (unpaired) electrons. The van der Waals surface area contributed by atoms with Gasteiger partial charge in [-0.1, -0.05) is 0 Å². The molecule has 0 amide bonds. The molecule has 7 heteroatoms. The lowest BCUT2D eigenvalue weighted by molar-refractivity contribution is -0.0233. The van der Waals surface area contributed by atoms with Crippen LogP contribution in [-0.4, -0.2) is 39.6 Å². The molecule has 2 aliphatic heterocycles. The zero-order chi connectivity index (χ0) is 18.5. The molecule has 3 fully saturated rings. The molecule has 2 saturated heterocycles. The minimum Gasteiger partial charge on any atom is -0.324 e. The first-order valence-electron chi connectivity index (χ1n) is 9.17. The Morgan fingerprint density at radius 2 is 2.04 bits per heavy atom. The molecule has 2 aromatic heterocycles. The molecule has 1 aromatic carbocycles. The van der Waals surface area contributed by atoms with Crippen molar-refractivity contribution in [1.29, 1.82) is 0 Å². The van der Waals surface area contributed by atoms with Gasteiger partial charge in [-0.05, 0) is 55.6 Å². The molecule has 4 heterocycles. The van der Waals surface area contributed by atoms with E-state index in [0.717, 1.165) is 25.2 Å². The molecule has 6 rings (SSSR count). The zero-order valence-corrected chi connectivity index (χ0v) is 15.0. The van der Waals surface area contributed by atoms with E-state index in [1.54, 1.807) is 23.0 Å². The number of anilines is 2. The lowest BCUT2D eigenvalue weighted by Gasteiger charge is -2.53. The fourth-order valence-electron chi connectivity index (χ4n) is 4.62. The van der Waals surface area contributed by atoms with Crippen LogP contribution in [0, 0.1) is 17.7 Å². The van der Waals surface area contributed by atoms with Crippen LogP contribution in [0.2, 0.25) is 0 Å². The van der Waals surface area contributed by atoms with Crippen molar-refractivity contribution >= 4 is 22.5 Å². The summed E-state index contributed by atoms with van der Waals surface area (Å²) in [5.41, 5.74) is 1.07. The third-order valence-electron chi connectivity index (χ3n) is 5.74. The average molecular weight is 365 g/mol. The Morgan fingerprint density at radius 3 is 2.78 bits per heavy atom. The molecular weight excluding hydrogens is 345 g/mol. The molecule has 3 aromatic rings. The van der Waals surface area contributed by atoms with Gasteiger partial charge in [-0.3, -0.25) is 14.3 Å². The van der Waals surface area contributed by atoms with Crippen molar-refractivity contribution in [2.24, 2.45) is 11.8 Å². The van der Waals surface area contributed by atoms with E-state index in [9.17, 15) is 9.18 Å². The second-order valence-electron chi connectivity index (χ2n) is 7.61. The highest BCUT2D eigenvalue weighted by atomic mass is 19.1. The number of hydrogen-bond acceptors (Lipinski definition) is 5. The van der Waals surface area contributed by atoms with Gasteiger partial charge in [0, 0.05) is 25.3 Å². The first-order chi connectivity index (χ1) is 13.1. The van der Waals surface area contributed by atoms with E-state index in [-0.39, 0.29) is 11.6 Å². The second-order valence-corrected chi connectivity index (χ2v) is 7.61. The summed E-state index contributed by atoms with van der Waals surface area (Å²) in [6.45, 7) is 1.92. The van der Waals surface area contributed by atoms with Crippen molar-refractivity contribution in [2.45, 2.75) is 12.5 Å². The highest BCUT2D eigenvalue weighted by Crippen LogP contribution is 2.48. The van der Waals surface area contributed by atoms with Crippen molar-refractivity contribution in [2.75, 3.05) is 25.5 Å². The molecule has 1 saturated carbocycles. The quantitative estimate of drug-likeness (QED) is 0.773. The minimum absolute atomic E-state index is 0.0908. The van der Waals surface area contributed by atoms with Gasteiger partial charge in [-0.2, -0.15) is 0 Å². The summed E-state index contributed by atoms with van der Waals surface area (Å²) in [6.07, 6.45) is 4.51. The highest BCUT2D eigenvalue weighted by molar-refractivity contribution is 5.79. The van der Waals surface area contributed by atoms with Gasteiger partial charge in [-0.25, -0.2) is 9.37 Å². The van der Waals surface area contributed by atoms with Crippen LogP contribution < -0.4 is 10.9 Å². The van der Waals surface area contributed by atoms with E-state index in [2.05, 4.69) is 27.2 Å². The van der Waals surface area contributed by atoms with Crippen LogP contribution in [0.15, 0.2) is 47.5 Å². The van der Waals surface area contributed by atoms with Crippen molar-refractivity contribution < 1.29 is 4.39 Å². The molecule has 2 bridgehead atoms. The number of benzene rings is 1. The van der Waals surface area contributed by atoms with Crippen LogP contribution in [0.1, 0.15) is 12.5 Å². The maximum Gasteiger partial charge on any atom is 0.263 e. The molecule has 1 N–H and O–H groups in total. The molecule has 3 aliphatic rings. The summed E-state index contributed by atoms with van der Waals surface area (Å²) < 4.78 is 15.5. The number of nitrogens with zero attached hydrogens (tertiary/aromatic N) is 4. The van der Waals surface area contributed by atoms with Crippen molar-refractivity contribution in [1.82, 2.24) is 19.4 Å². The molecule has 138 valence electrons. The molecule has 0 spiro atoms. The van der Waals surface area contributed by atoms with Gasteiger partial charge in [0.2, 0.25) is 5.95 Å². The highest BCUT2D eigenvalue weighted by Gasteiger charge is 2.48. The fraction of sp³-hybridized carbons (Fsp3) is 0.350. The molecule has 2 atom stereocenters. The zero-order valence-electron chi connectivity index (χ0n) is 15.0. The van der Waals surface area contributed by atoms with E-state index < -0.39 is 5.82 Å². The van der Waals surface area contributed by atoms with Crippen LogP contribution >= 0.6 is 0 Å². The van der Waals surface area contributed by atoms with Crippen LogP contribution in [-0.2, 0) is 0 Å². The Labute approximate surface area is 155 Å². The van der Waals surface area contributed by atoms with Gasteiger partial charge < -0.3 is 10.2 Å². The van der Waals surface area contributed by atoms with Gasteiger partial charge in [-0.15, -0.1) is 0 Å². The number of piperidine rings is 2. The average Bonchev–Trinajstić information content (AvgIpc) is 2.66. The molecule has 2 unspecified atom stereocenters. The Morgan fingerprint density at radius 1 is 1.22 bits per heavy atom. The summed E-state index contributed by atoms with van der Waals surface area (Å²) in [5, 5.41) is 3.58. The predicted molar refractivity (Wildman–Crippen MR) is 102 cm³/mol. The van der Waals surface area contributed by atoms with E-state index in [1.165, 1.54) is 12.1 Å². The summed E-state index contributed by atoms with van der Waals surface area (Å²) in [7, 11) is 2.11. The van der Waals surface area contributed by atoms with Crippen LogP contribution in [0.4, 0.5) is 16.0 Å². The van der Waals surface area contributed by atoms with E-state index >= 15 is 0 Å². The minimum atomic E-state index is -0.422. The maximum absolute atomic E-state index is 13.8. The standard InChI is InChI=1S/C20H20FN5O/c1-25-10-12-7-13(11-25)18(12)26-19(27)16-8-14(21)4-5-17(16)24-20(26)23-15-3-2-6-22-9-15/h2-6,8-9,12-13,18H,7,10-11H2,1H3,(H,23,24). The number of aromatic nitrogens is 3. The van der Waals surface area contributed by atoms with Crippen molar-refractivity contribution in [3.63, 3.8) is 0 Å². The Kier molecular flexibility index (Phi) is 3.72. The van der Waals surface area contributed by atoms with E-state index in [0.29, 0.717) is 28.7 Å². The number of fused-ring (bicyclic) bond motifs is 3. The largest absolute Gasteiger partial charge is 0.324 e. The van der Waals surface area contributed by atoms with Crippen LogP contribution in [0.5, 0.6) is 0 Å². The number of hydrogen-bond donors (Lipinski definition) is 1. The van der Waals surface area contributed by atoms with Gasteiger partial charge in [0.05, 0.1) is 22.8 Å². The second kappa shape index (κ2) is 6.13. The summed E-state index contributed by atoms with van der Waals surface area (Å²) in [4.78, 5) is 24.4. The first-order valence-corrected chi connectivity index (χ1v) is 9.17. The Bertz CT molecular complexity index is 1060. The van der Waals surface area contributed by atoms with Crippen LogP contribution in [0.25, 0.3) is 10.9 Å². The Balaban J connectivity index is 1.68. The fourth-order valence-corrected chi connectivity index (χ4v) is 4.62. The predicted octanol–water partition coefficient (Wildman–Crippen LogP) is 2.80. The SMILES string of the molecule is CN1CC2CC(C1)C2n1c(Nc2cccnc2)nc2ccc(F)cc2c1=O. The van der Waals surface area contributed by atoms with Gasteiger partial charge in [0.25, 0.3) is 5.56 Å². The normalized spacial score (nSPS) is 24.6. The van der Waals surface area contributed by atoms with Crippen molar-refractivity contribution in [3.05, 3.63) is 58.9 Å². The summed E-state index contributed by atoms with van der Waals surface area (Å²) in [6, 6.07) is 7.98. The third-order valence-corrected chi connectivity index (χ3v) is 5.74. The lowest BCUT2D eigenvalue weighted by Crippen LogP contribution is -2.56. The summed E-state index contributed by atoms with van der Waals surface area (Å²) in [5.74, 6) is 0.897. The number of nitrogens with one attached hydrogen (secondary N) is 1. The van der Waals surface area contributed by atoms with E-state index in [4.69, 9.17) is 0 Å². The van der Waals surface area contributed by atoms with Gasteiger partial charge in [0.15, 0.2) is 0 Å². The van der Waals surface area contributed by atoms with Crippen LogP contribution in [0.3, 0.4) is 0 Å². The maximum atomic E-state index is 13.8. The summed E-state index contributed by atoms with van der Waals surface area (Å²) >= 11 is 0. The monoisotopic (exact) mass is 365 g/mol. The molecule has 27 heavy (non-hydrogen) atoms. The van der Waals surface area contributed by atoms with Crippen molar-refractivity contribution in [3.8, 4) is 0 Å². The molecule has 1 aliphatic carbocycles. The number of halogens is 1. The third kappa shape index (κ3) is 2.70. The van der Waals surface area contributed by atoms with Gasteiger partial charge >= 0.3 is 0 Å². The first kappa shape index (κ1) is 16.4. The Hall–Kier alpha value is -2.80.